The van der Waals surface area contributed by atoms with Gasteiger partial charge in [-0.25, -0.2) is 8.78 Å². The Morgan fingerprint density at radius 2 is 2.00 bits per heavy atom. The van der Waals surface area contributed by atoms with Crippen LogP contribution >= 0.6 is 11.8 Å². The first kappa shape index (κ1) is 23.1. The predicted molar refractivity (Wildman–Crippen MR) is 114 cm³/mol. The Morgan fingerprint density at radius 3 is 2.69 bits per heavy atom. The quantitative estimate of drug-likeness (QED) is 0.285. The van der Waals surface area contributed by atoms with Gasteiger partial charge in [-0.1, -0.05) is 23.9 Å². The molecule has 12 heteroatoms. The fourth-order valence-corrected chi connectivity index (χ4v) is 3.64. The lowest BCUT2D eigenvalue weighted by Gasteiger charge is -2.16. The standard InChI is InChI=1S/C20H19F2N5O4S/c1-3-26-19(12(2)31-17-7-5-4-6-15(17)22)24-25-20(26)32-11-18(28)23-16-10-13(27(29)30)8-9-14(16)21/h4-10,12H,3,11H2,1-2H3,(H,23,28). The van der Waals surface area contributed by atoms with E-state index in [1.807, 2.05) is 6.92 Å². The minimum atomic E-state index is -0.785. The van der Waals surface area contributed by atoms with Gasteiger partial charge < -0.3 is 14.6 Å². The summed E-state index contributed by atoms with van der Waals surface area (Å²) in [5.41, 5.74) is -0.622. The van der Waals surface area contributed by atoms with E-state index in [2.05, 4.69) is 15.5 Å². The van der Waals surface area contributed by atoms with Gasteiger partial charge in [0.15, 0.2) is 28.7 Å². The molecule has 1 unspecified atom stereocenters. The lowest BCUT2D eigenvalue weighted by Crippen LogP contribution is -2.16. The second-order valence-electron chi connectivity index (χ2n) is 6.53. The number of thioether (sulfide) groups is 1. The van der Waals surface area contributed by atoms with E-state index in [-0.39, 0.29) is 22.9 Å². The normalized spacial score (nSPS) is 11.8. The summed E-state index contributed by atoms with van der Waals surface area (Å²) < 4.78 is 35.1. The van der Waals surface area contributed by atoms with Crippen LogP contribution in [-0.2, 0) is 11.3 Å². The Kier molecular flexibility index (Phi) is 7.36. The minimum absolute atomic E-state index is 0.0817. The van der Waals surface area contributed by atoms with Crippen LogP contribution in [0.25, 0.3) is 0 Å². The molecule has 1 atom stereocenters. The van der Waals surface area contributed by atoms with Gasteiger partial charge in [-0.05, 0) is 32.0 Å². The van der Waals surface area contributed by atoms with Crippen molar-refractivity contribution < 1.29 is 23.2 Å². The molecule has 168 valence electrons. The fraction of sp³-hybridized carbons (Fsp3) is 0.250. The number of hydrogen-bond donors (Lipinski definition) is 1. The number of non-ortho nitro benzene ring substituents is 1. The molecule has 0 aliphatic heterocycles. The van der Waals surface area contributed by atoms with Crippen LogP contribution < -0.4 is 10.1 Å². The topological polar surface area (TPSA) is 112 Å². The molecule has 0 saturated heterocycles. The number of ether oxygens (including phenoxy) is 1. The van der Waals surface area contributed by atoms with E-state index in [1.165, 1.54) is 12.1 Å². The van der Waals surface area contributed by atoms with Gasteiger partial charge >= 0.3 is 0 Å². The maximum absolute atomic E-state index is 13.9. The maximum atomic E-state index is 13.9. The van der Waals surface area contributed by atoms with Gasteiger partial charge in [0.1, 0.15) is 5.82 Å². The van der Waals surface area contributed by atoms with E-state index >= 15 is 0 Å². The molecule has 2 aromatic carbocycles. The Hall–Kier alpha value is -3.54. The third-order valence-corrected chi connectivity index (χ3v) is 5.30. The smallest absolute Gasteiger partial charge is 0.271 e. The molecule has 0 radical (unpaired) electrons. The van der Waals surface area contributed by atoms with E-state index in [9.17, 15) is 23.7 Å². The second kappa shape index (κ2) is 10.2. The number of rotatable bonds is 9. The number of hydrogen-bond acceptors (Lipinski definition) is 7. The third-order valence-electron chi connectivity index (χ3n) is 4.33. The van der Waals surface area contributed by atoms with Crippen molar-refractivity contribution in [1.82, 2.24) is 14.8 Å². The summed E-state index contributed by atoms with van der Waals surface area (Å²) >= 11 is 1.05. The summed E-state index contributed by atoms with van der Waals surface area (Å²) in [4.78, 5) is 22.4. The van der Waals surface area contributed by atoms with E-state index in [1.54, 1.807) is 23.6 Å². The first-order chi connectivity index (χ1) is 15.3. The van der Waals surface area contributed by atoms with Gasteiger partial charge in [-0.15, -0.1) is 10.2 Å². The van der Waals surface area contributed by atoms with Gasteiger partial charge in [0.05, 0.1) is 16.4 Å². The average Bonchev–Trinajstić information content (AvgIpc) is 3.18. The van der Waals surface area contributed by atoms with Crippen molar-refractivity contribution in [3.63, 3.8) is 0 Å². The summed E-state index contributed by atoms with van der Waals surface area (Å²) in [7, 11) is 0. The highest BCUT2D eigenvalue weighted by molar-refractivity contribution is 7.99. The average molecular weight is 463 g/mol. The number of nitrogens with one attached hydrogen (secondary N) is 1. The Labute approximate surface area is 185 Å². The highest BCUT2D eigenvalue weighted by Gasteiger charge is 2.21. The van der Waals surface area contributed by atoms with Crippen LogP contribution in [-0.4, -0.2) is 31.3 Å². The fourth-order valence-electron chi connectivity index (χ4n) is 2.83. The molecule has 3 aromatic rings. The number of carbonyl (C=O) groups is 1. The van der Waals surface area contributed by atoms with Crippen LogP contribution in [0.15, 0.2) is 47.6 Å². The molecule has 1 N–H and O–H groups in total. The van der Waals surface area contributed by atoms with Crippen molar-refractivity contribution in [2.24, 2.45) is 0 Å². The van der Waals surface area contributed by atoms with Crippen LogP contribution in [0.2, 0.25) is 0 Å². The lowest BCUT2D eigenvalue weighted by atomic mass is 10.2. The number of nitro benzene ring substituents is 1. The van der Waals surface area contributed by atoms with Crippen molar-refractivity contribution in [2.75, 3.05) is 11.1 Å². The molecule has 0 aliphatic carbocycles. The summed E-state index contributed by atoms with van der Waals surface area (Å²) in [6, 6.07) is 8.88. The predicted octanol–water partition coefficient (Wildman–Crippen LogP) is 4.36. The van der Waals surface area contributed by atoms with Crippen LogP contribution in [0, 0.1) is 21.7 Å². The molecule has 0 fully saturated rings. The molecule has 0 saturated carbocycles. The van der Waals surface area contributed by atoms with Crippen LogP contribution in [0.3, 0.4) is 0 Å². The number of amides is 1. The number of para-hydroxylation sites is 1. The molecule has 1 amide bonds. The first-order valence-electron chi connectivity index (χ1n) is 9.51. The van der Waals surface area contributed by atoms with Gasteiger partial charge in [-0.2, -0.15) is 0 Å². The maximum Gasteiger partial charge on any atom is 0.271 e. The Balaban J connectivity index is 1.66. The van der Waals surface area contributed by atoms with Crippen molar-refractivity contribution in [3.05, 3.63) is 70.0 Å². The molecule has 0 spiro atoms. The van der Waals surface area contributed by atoms with Gasteiger partial charge in [-0.3, -0.25) is 14.9 Å². The Bertz CT molecular complexity index is 1140. The molecule has 3 rings (SSSR count). The van der Waals surface area contributed by atoms with E-state index in [4.69, 9.17) is 4.74 Å². The van der Waals surface area contributed by atoms with E-state index in [0.29, 0.717) is 17.5 Å². The summed E-state index contributed by atoms with van der Waals surface area (Å²) in [6.45, 7) is 4.02. The second-order valence-corrected chi connectivity index (χ2v) is 7.48. The lowest BCUT2D eigenvalue weighted by molar-refractivity contribution is -0.384. The van der Waals surface area contributed by atoms with Crippen LogP contribution in [0.4, 0.5) is 20.2 Å². The SMILES string of the molecule is CCn1c(SCC(=O)Nc2cc([N+](=O)[O-])ccc2F)nnc1C(C)Oc1ccccc1F. The zero-order valence-electron chi connectivity index (χ0n) is 17.1. The van der Waals surface area contributed by atoms with E-state index < -0.39 is 28.6 Å². The third kappa shape index (κ3) is 5.38. The number of nitro groups is 1. The van der Waals surface area contributed by atoms with Crippen molar-refractivity contribution in [3.8, 4) is 5.75 Å². The zero-order chi connectivity index (χ0) is 23.3. The molecule has 9 nitrogen and oxygen atoms in total. The number of halogens is 2. The summed E-state index contributed by atoms with van der Waals surface area (Å²) in [5, 5.41) is 21.7. The van der Waals surface area contributed by atoms with Crippen molar-refractivity contribution in [2.45, 2.75) is 31.7 Å². The number of benzene rings is 2. The largest absolute Gasteiger partial charge is 0.480 e. The zero-order valence-corrected chi connectivity index (χ0v) is 17.9. The van der Waals surface area contributed by atoms with E-state index in [0.717, 1.165) is 30.0 Å². The first-order valence-corrected chi connectivity index (χ1v) is 10.5. The highest BCUT2D eigenvalue weighted by Crippen LogP contribution is 2.27. The Morgan fingerprint density at radius 1 is 1.25 bits per heavy atom. The molecule has 1 heterocycles. The molecule has 0 aliphatic rings. The number of aromatic nitrogens is 3. The number of nitrogens with zero attached hydrogens (tertiary/aromatic N) is 4. The monoisotopic (exact) mass is 463 g/mol. The van der Waals surface area contributed by atoms with Gasteiger partial charge in [0, 0.05) is 18.7 Å². The van der Waals surface area contributed by atoms with Crippen molar-refractivity contribution in [1.29, 1.82) is 0 Å². The highest BCUT2D eigenvalue weighted by atomic mass is 32.2. The molecule has 32 heavy (non-hydrogen) atoms. The van der Waals surface area contributed by atoms with Crippen LogP contribution in [0.1, 0.15) is 25.8 Å². The van der Waals surface area contributed by atoms with Crippen molar-refractivity contribution >= 4 is 29.0 Å². The number of anilines is 1. The molecule has 0 bridgehead atoms. The number of carbonyl (C=O) groups excluding carboxylic acids is 1. The van der Waals surface area contributed by atoms with Crippen LogP contribution in [0.5, 0.6) is 5.75 Å². The molecular weight excluding hydrogens is 444 g/mol. The van der Waals surface area contributed by atoms with Gasteiger partial charge in [0.25, 0.3) is 5.69 Å². The summed E-state index contributed by atoms with van der Waals surface area (Å²) in [6.07, 6.45) is -0.610. The molecular formula is C20H19F2N5O4S. The van der Waals surface area contributed by atoms with Gasteiger partial charge in [0.2, 0.25) is 5.91 Å². The summed E-state index contributed by atoms with van der Waals surface area (Å²) in [5.74, 6) is -1.46. The minimum Gasteiger partial charge on any atom is -0.480 e. The molecule has 1 aromatic heterocycles.